The molecule has 2 N–H and O–H groups in total. The van der Waals surface area contributed by atoms with Crippen molar-refractivity contribution in [1.29, 1.82) is 0 Å². The van der Waals surface area contributed by atoms with Crippen molar-refractivity contribution in [2.45, 2.75) is 31.7 Å². The molecular formula is C12H19N3O4. The molecule has 0 radical (unpaired) electrons. The Bertz CT molecular complexity index is 412. The van der Waals surface area contributed by atoms with Crippen molar-refractivity contribution in [2.24, 2.45) is 0 Å². The Morgan fingerprint density at radius 2 is 2.05 bits per heavy atom. The van der Waals surface area contributed by atoms with Crippen LogP contribution >= 0.6 is 0 Å². The molecule has 0 aromatic heterocycles. The molecule has 2 heterocycles. The molecule has 19 heavy (non-hydrogen) atoms. The van der Waals surface area contributed by atoms with Gasteiger partial charge in [-0.2, -0.15) is 0 Å². The van der Waals surface area contributed by atoms with Gasteiger partial charge < -0.3 is 20.2 Å². The Hall–Kier alpha value is -1.79. The standard InChI is InChI=1S/C12H19N3O4/c1-12(10(17)18)4-2-7-15(12)11(19)14-6-3-5-13-9(16)8-14/h2-8H2,1H3,(H,13,16)(H,17,18). The number of aliphatic carboxylic acids is 1. The number of carbonyl (C=O) groups is 3. The van der Waals surface area contributed by atoms with E-state index in [2.05, 4.69) is 5.32 Å². The minimum Gasteiger partial charge on any atom is -0.480 e. The Morgan fingerprint density at radius 3 is 2.74 bits per heavy atom. The van der Waals surface area contributed by atoms with Gasteiger partial charge in [-0.25, -0.2) is 9.59 Å². The maximum atomic E-state index is 12.4. The van der Waals surface area contributed by atoms with Gasteiger partial charge in [0.05, 0.1) is 0 Å². The number of carboxylic acid groups (broad SMARTS) is 1. The molecule has 0 saturated carbocycles. The maximum absolute atomic E-state index is 12.4. The van der Waals surface area contributed by atoms with Crippen molar-refractivity contribution in [3.63, 3.8) is 0 Å². The van der Waals surface area contributed by atoms with Crippen LogP contribution in [0, 0.1) is 0 Å². The van der Waals surface area contributed by atoms with Gasteiger partial charge in [0.25, 0.3) is 0 Å². The normalized spacial score (nSPS) is 27.9. The molecule has 7 nitrogen and oxygen atoms in total. The zero-order valence-electron chi connectivity index (χ0n) is 11.0. The van der Waals surface area contributed by atoms with Crippen molar-refractivity contribution < 1.29 is 19.5 Å². The number of urea groups is 1. The van der Waals surface area contributed by atoms with Crippen LogP contribution in [0.3, 0.4) is 0 Å². The number of amides is 3. The van der Waals surface area contributed by atoms with Gasteiger partial charge in [0.1, 0.15) is 12.1 Å². The number of likely N-dealkylation sites (tertiary alicyclic amines) is 1. The van der Waals surface area contributed by atoms with E-state index in [0.29, 0.717) is 38.9 Å². The van der Waals surface area contributed by atoms with Gasteiger partial charge in [0.15, 0.2) is 0 Å². The van der Waals surface area contributed by atoms with Gasteiger partial charge in [-0.15, -0.1) is 0 Å². The van der Waals surface area contributed by atoms with Crippen molar-refractivity contribution in [1.82, 2.24) is 15.1 Å². The zero-order valence-corrected chi connectivity index (χ0v) is 11.0. The smallest absolute Gasteiger partial charge is 0.329 e. The molecule has 1 unspecified atom stereocenters. The second kappa shape index (κ2) is 5.07. The van der Waals surface area contributed by atoms with Crippen LogP contribution in [0.2, 0.25) is 0 Å². The van der Waals surface area contributed by atoms with E-state index in [1.54, 1.807) is 6.92 Å². The summed E-state index contributed by atoms with van der Waals surface area (Å²) in [6.45, 7) is 3.03. The molecule has 1 atom stereocenters. The van der Waals surface area contributed by atoms with E-state index < -0.39 is 11.5 Å². The van der Waals surface area contributed by atoms with Crippen LogP contribution < -0.4 is 5.32 Å². The van der Waals surface area contributed by atoms with E-state index in [-0.39, 0.29) is 18.5 Å². The molecule has 3 amide bonds. The zero-order chi connectivity index (χ0) is 14.0. The highest BCUT2D eigenvalue weighted by atomic mass is 16.4. The van der Waals surface area contributed by atoms with Crippen molar-refractivity contribution in [3.05, 3.63) is 0 Å². The number of rotatable bonds is 1. The van der Waals surface area contributed by atoms with E-state index in [1.165, 1.54) is 9.80 Å². The largest absolute Gasteiger partial charge is 0.480 e. The first-order valence-electron chi connectivity index (χ1n) is 6.52. The third kappa shape index (κ3) is 2.50. The molecule has 0 aromatic rings. The first-order chi connectivity index (χ1) is 8.95. The number of carbonyl (C=O) groups excluding carboxylic acids is 2. The molecule has 2 aliphatic heterocycles. The third-order valence-corrected chi connectivity index (χ3v) is 3.86. The fourth-order valence-corrected chi connectivity index (χ4v) is 2.63. The fraction of sp³-hybridized carbons (Fsp3) is 0.750. The van der Waals surface area contributed by atoms with E-state index in [9.17, 15) is 19.5 Å². The molecule has 2 rings (SSSR count). The van der Waals surface area contributed by atoms with Gasteiger partial charge >= 0.3 is 12.0 Å². The first-order valence-corrected chi connectivity index (χ1v) is 6.52. The van der Waals surface area contributed by atoms with Gasteiger partial charge in [0.2, 0.25) is 5.91 Å². The van der Waals surface area contributed by atoms with Gasteiger partial charge in [-0.05, 0) is 26.2 Å². The number of nitrogens with zero attached hydrogens (tertiary/aromatic N) is 2. The maximum Gasteiger partial charge on any atom is 0.329 e. The summed E-state index contributed by atoms with van der Waals surface area (Å²) in [5.41, 5.74) is -1.15. The summed E-state index contributed by atoms with van der Waals surface area (Å²) in [4.78, 5) is 38.1. The summed E-state index contributed by atoms with van der Waals surface area (Å²) in [6, 6.07) is -0.348. The minimum atomic E-state index is -1.15. The number of nitrogens with one attached hydrogen (secondary N) is 1. The lowest BCUT2D eigenvalue weighted by Crippen LogP contribution is -2.55. The summed E-state index contributed by atoms with van der Waals surface area (Å²) in [7, 11) is 0. The summed E-state index contributed by atoms with van der Waals surface area (Å²) < 4.78 is 0. The molecule has 106 valence electrons. The summed E-state index contributed by atoms with van der Waals surface area (Å²) in [6.07, 6.45) is 1.82. The Kier molecular flexibility index (Phi) is 3.64. The molecular weight excluding hydrogens is 250 g/mol. The second-order valence-electron chi connectivity index (χ2n) is 5.24. The average molecular weight is 269 g/mol. The minimum absolute atomic E-state index is 0.00499. The highest BCUT2D eigenvalue weighted by Gasteiger charge is 2.47. The molecule has 0 aliphatic carbocycles. The van der Waals surface area contributed by atoms with Crippen LogP contribution in [-0.2, 0) is 9.59 Å². The highest BCUT2D eigenvalue weighted by molar-refractivity contribution is 5.89. The summed E-state index contributed by atoms with van der Waals surface area (Å²) in [5, 5.41) is 12.0. The van der Waals surface area contributed by atoms with Gasteiger partial charge in [-0.1, -0.05) is 0 Å². The lowest BCUT2D eigenvalue weighted by Gasteiger charge is -2.35. The summed E-state index contributed by atoms with van der Waals surface area (Å²) >= 11 is 0. The van der Waals surface area contributed by atoms with Crippen LogP contribution in [0.5, 0.6) is 0 Å². The molecule has 0 aromatic carbocycles. The van der Waals surface area contributed by atoms with Crippen LogP contribution in [0.25, 0.3) is 0 Å². The molecule has 2 saturated heterocycles. The number of hydrogen-bond donors (Lipinski definition) is 2. The first kappa shape index (κ1) is 13.6. The molecule has 7 heteroatoms. The van der Waals surface area contributed by atoms with E-state index in [1.807, 2.05) is 0 Å². The Morgan fingerprint density at radius 1 is 1.32 bits per heavy atom. The number of hydrogen-bond acceptors (Lipinski definition) is 3. The molecule has 2 aliphatic rings. The SMILES string of the molecule is CC1(C(=O)O)CCCN1C(=O)N1CCCNC(=O)C1. The highest BCUT2D eigenvalue weighted by Crippen LogP contribution is 2.30. The fourth-order valence-electron chi connectivity index (χ4n) is 2.63. The van der Waals surface area contributed by atoms with Crippen LogP contribution in [0.4, 0.5) is 4.79 Å². The molecule has 0 bridgehead atoms. The van der Waals surface area contributed by atoms with Gasteiger partial charge in [-0.3, -0.25) is 4.79 Å². The molecule has 2 fully saturated rings. The topological polar surface area (TPSA) is 89.9 Å². The van der Waals surface area contributed by atoms with E-state index >= 15 is 0 Å². The lowest BCUT2D eigenvalue weighted by molar-refractivity contribution is -0.147. The van der Waals surface area contributed by atoms with E-state index in [4.69, 9.17) is 0 Å². The lowest BCUT2D eigenvalue weighted by atomic mass is 10.00. The van der Waals surface area contributed by atoms with Crippen LogP contribution in [0.15, 0.2) is 0 Å². The molecule has 0 spiro atoms. The predicted octanol–water partition coefficient (Wildman–Crippen LogP) is -0.133. The van der Waals surface area contributed by atoms with Crippen molar-refractivity contribution >= 4 is 17.9 Å². The van der Waals surface area contributed by atoms with E-state index in [0.717, 1.165) is 0 Å². The Balaban J connectivity index is 2.14. The Labute approximate surface area is 111 Å². The monoisotopic (exact) mass is 269 g/mol. The number of carboxylic acids is 1. The summed E-state index contributed by atoms with van der Waals surface area (Å²) in [5.74, 6) is -1.18. The van der Waals surface area contributed by atoms with Crippen molar-refractivity contribution in [3.8, 4) is 0 Å². The predicted molar refractivity (Wildman–Crippen MR) is 66.6 cm³/mol. The van der Waals surface area contributed by atoms with Gasteiger partial charge in [0, 0.05) is 19.6 Å². The quantitative estimate of drug-likeness (QED) is 0.693. The second-order valence-corrected chi connectivity index (χ2v) is 5.24. The third-order valence-electron chi connectivity index (χ3n) is 3.86. The van der Waals surface area contributed by atoms with Crippen LogP contribution in [-0.4, -0.2) is 64.5 Å². The van der Waals surface area contributed by atoms with Crippen LogP contribution in [0.1, 0.15) is 26.2 Å². The average Bonchev–Trinajstić information content (AvgIpc) is 2.62. The van der Waals surface area contributed by atoms with Crippen molar-refractivity contribution in [2.75, 3.05) is 26.2 Å².